The average molecular weight is 330 g/mol. The molecule has 4 heterocycles. The Morgan fingerprint density at radius 2 is 2.17 bits per heavy atom. The molecule has 1 atom stereocenters. The summed E-state index contributed by atoms with van der Waals surface area (Å²) in [5.74, 6) is 0.266. The van der Waals surface area contributed by atoms with Crippen LogP contribution in [0.3, 0.4) is 0 Å². The van der Waals surface area contributed by atoms with Crippen molar-refractivity contribution in [1.82, 2.24) is 19.3 Å². The second-order valence-electron chi connectivity index (χ2n) is 5.90. The highest BCUT2D eigenvalue weighted by molar-refractivity contribution is 7.89. The molecule has 1 aliphatic rings. The number of H-pyrrole nitrogens is 1. The second-order valence-corrected chi connectivity index (χ2v) is 8.16. The van der Waals surface area contributed by atoms with Crippen molar-refractivity contribution in [3.8, 4) is 0 Å². The first-order valence-corrected chi connectivity index (χ1v) is 9.39. The fraction of sp³-hybridized carbons (Fsp3) is 0.375. The van der Waals surface area contributed by atoms with Crippen LogP contribution in [0.4, 0.5) is 0 Å². The predicted molar refractivity (Wildman–Crippen MR) is 89.8 cm³/mol. The van der Waals surface area contributed by atoms with Gasteiger partial charge in [0.15, 0.2) is 0 Å². The van der Waals surface area contributed by atoms with Crippen LogP contribution in [0, 0.1) is 0 Å². The molecule has 0 aliphatic carbocycles. The predicted octanol–water partition coefficient (Wildman–Crippen LogP) is 2.25. The van der Waals surface area contributed by atoms with Crippen molar-refractivity contribution in [1.29, 1.82) is 0 Å². The molecule has 4 rings (SSSR count). The van der Waals surface area contributed by atoms with Gasteiger partial charge >= 0.3 is 0 Å². The Bertz CT molecular complexity index is 980. The Morgan fingerprint density at radius 1 is 1.30 bits per heavy atom. The number of sulfonamides is 1. The number of nitrogens with zero attached hydrogens (tertiary/aromatic N) is 3. The molecular formula is C16H18N4O2S. The standard InChI is InChI=1S/C16H18N4O2S/c1-2-23(21,22)20-8-5-11(10-20)15-12-3-6-17-9-14(12)13-4-7-18-16(13)19-15/h3-4,6-7,9,11H,2,5,8,10H2,1H3,(H,18,19). The molecule has 3 aromatic heterocycles. The van der Waals surface area contributed by atoms with Crippen LogP contribution in [0.5, 0.6) is 0 Å². The lowest BCUT2D eigenvalue weighted by molar-refractivity contribution is 0.473. The lowest BCUT2D eigenvalue weighted by Gasteiger charge is -2.16. The third kappa shape index (κ3) is 2.31. The maximum absolute atomic E-state index is 12.1. The van der Waals surface area contributed by atoms with Gasteiger partial charge in [-0.05, 0) is 25.5 Å². The molecule has 23 heavy (non-hydrogen) atoms. The Morgan fingerprint density at radius 3 is 3.00 bits per heavy atom. The zero-order valence-electron chi connectivity index (χ0n) is 12.9. The SMILES string of the molecule is CCS(=O)(=O)N1CCC(c2nc3[nH]ccc3c3cnccc23)C1. The topological polar surface area (TPSA) is 79.0 Å². The Labute approximate surface area is 134 Å². The minimum absolute atomic E-state index is 0.119. The molecule has 0 bridgehead atoms. The highest BCUT2D eigenvalue weighted by atomic mass is 32.2. The van der Waals surface area contributed by atoms with Crippen LogP contribution in [0.15, 0.2) is 30.7 Å². The first kappa shape index (κ1) is 14.6. The number of hydrogen-bond donors (Lipinski definition) is 1. The number of aromatic nitrogens is 3. The van der Waals surface area contributed by atoms with Gasteiger partial charge in [0.25, 0.3) is 0 Å². The van der Waals surface area contributed by atoms with Crippen molar-refractivity contribution in [2.45, 2.75) is 19.3 Å². The van der Waals surface area contributed by atoms with E-state index in [-0.39, 0.29) is 11.7 Å². The maximum atomic E-state index is 12.1. The van der Waals surface area contributed by atoms with E-state index >= 15 is 0 Å². The zero-order valence-corrected chi connectivity index (χ0v) is 13.7. The van der Waals surface area contributed by atoms with Crippen LogP contribution in [0.1, 0.15) is 25.0 Å². The van der Waals surface area contributed by atoms with Gasteiger partial charge in [-0.2, -0.15) is 0 Å². The molecule has 0 amide bonds. The number of hydrogen-bond acceptors (Lipinski definition) is 4. The summed E-state index contributed by atoms with van der Waals surface area (Å²) in [6.45, 7) is 2.76. The first-order valence-electron chi connectivity index (χ1n) is 7.78. The van der Waals surface area contributed by atoms with Crippen LogP contribution >= 0.6 is 0 Å². The molecule has 1 aliphatic heterocycles. The summed E-state index contributed by atoms with van der Waals surface area (Å²) >= 11 is 0. The van der Waals surface area contributed by atoms with Crippen LogP contribution < -0.4 is 0 Å². The van der Waals surface area contributed by atoms with Crippen molar-refractivity contribution in [2.75, 3.05) is 18.8 Å². The van der Waals surface area contributed by atoms with Crippen molar-refractivity contribution in [3.63, 3.8) is 0 Å². The third-order valence-electron chi connectivity index (χ3n) is 4.64. The monoisotopic (exact) mass is 330 g/mol. The van der Waals surface area contributed by atoms with Crippen molar-refractivity contribution in [3.05, 3.63) is 36.4 Å². The number of aromatic amines is 1. The largest absolute Gasteiger partial charge is 0.346 e. The minimum atomic E-state index is -3.14. The summed E-state index contributed by atoms with van der Waals surface area (Å²) in [5.41, 5.74) is 1.79. The average Bonchev–Trinajstić information content (AvgIpc) is 3.23. The molecule has 7 heteroatoms. The fourth-order valence-electron chi connectivity index (χ4n) is 3.38. The Kier molecular flexibility index (Phi) is 3.35. The van der Waals surface area contributed by atoms with E-state index in [1.807, 2.05) is 24.5 Å². The van der Waals surface area contributed by atoms with E-state index in [1.165, 1.54) is 0 Å². The van der Waals surface area contributed by atoms with E-state index in [2.05, 4.69) is 9.97 Å². The molecule has 6 nitrogen and oxygen atoms in total. The molecule has 0 spiro atoms. The van der Waals surface area contributed by atoms with Crippen LogP contribution in [-0.2, 0) is 10.0 Å². The van der Waals surface area contributed by atoms with Crippen LogP contribution in [0.25, 0.3) is 21.8 Å². The number of nitrogens with one attached hydrogen (secondary N) is 1. The highest BCUT2D eigenvalue weighted by Crippen LogP contribution is 2.34. The van der Waals surface area contributed by atoms with E-state index < -0.39 is 10.0 Å². The highest BCUT2D eigenvalue weighted by Gasteiger charge is 2.32. The molecule has 0 saturated carbocycles. The van der Waals surface area contributed by atoms with Crippen LogP contribution in [0.2, 0.25) is 0 Å². The summed E-state index contributed by atoms with van der Waals surface area (Å²) in [4.78, 5) is 12.2. The van der Waals surface area contributed by atoms with Gasteiger partial charge < -0.3 is 4.98 Å². The Hall–Kier alpha value is -1.99. The number of rotatable bonds is 3. The van der Waals surface area contributed by atoms with E-state index in [0.717, 1.165) is 33.9 Å². The molecule has 1 unspecified atom stereocenters. The molecule has 0 radical (unpaired) electrons. The summed E-state index contributed by atoms with van der Waals surface area (Å²) in [6, 6.07) is 3.97. The number of fused-ring (bicyclic) bond motifs is 3. The van der Waals surface area contributed by atoms with Gasteiger partial charge in [0.2, 0.25) is 10.0 Å². The molecule has 3 aromatic rings. The Balaban J connectivity index is 1.82. The normalized spacial score (nSPS) is 19.8. The van der Waals surface area contributed by atoms with Gasteiger partial charge in [-0.25, -0.2) is 17.7 Å². The zero-order chi connectivity index (χ0) is 16.0. The van der Waals surface area contributed by atoms with Crippen molar-refractivity contribution in [2.24, 2.45) is 0 Å². The lowest BCUT2D eigenvalue weighted by atomic mass is 9.98. The summed E-state index contributed by atoms with van der Waals surface area (Å²) in [6.07, 6.45) is 6.29. The second kappa shape index (κ2) is 5.28. The lowest BCUT2D eigenvalue weighted by Crippen LogP contribution is -2.30. The van der Waals surface area contributed by atoms with Gasteiger partial charge in [0.1, 0.15) is 5.65 Å². The molecule has 1 saturated heterocycles. The van der Waals surface area contributed by atoms with E-state index in [0.29, 0.717) is 13.1 Å². The van der Waals surface area contributed by atoms with Crippen LogP contribution in [-0.4, -0.2) is 46.5 Å². The summed E-state index contributed by atoms with van der Waals surface area (Å²) in [5, 5.41) is 3.17. The van der Waals surface area contributed by atoms with Gasteiger partial charge in [-0.3, -0.25) is 4.98 Å². The van der Waals surface area contributed by atoms with Gasteiger partial charge in [-0.1, -0.05) is 0 Å². The molecule has 120 valence electrons. The smallest absolute Gasteiger partial charge is 0.213 e. The third-order valence-corrected chi connectivity index (χ3v) is 6.49. The molecule has 0 aromatic carbocycles. The molecule has 1 N–H and O–H groups in total. The first-order chi connectivity index (χ1) is 11.1. The number of pyridine rings is 2. The summed E-state index contributed by atoms with van der Waals surface area (Å²) in [7, 11) is -3.14. The van der Waals surface area contributed by atoms with Crippen molar-refractivity contribution >= 4 is 31.8 Å². The molecule has 1 fully saturated rings. The van der Waals surface area contributed by atoms with Gasteiger partial charge in [0, 0.05) is 53.8 Å². The van der Waals surface area contributed by atoms with E-state index in [9.17, 15) is 8.42 Å². The quantitative estimate of drug-likeness (QED) is 0.799. The molecular weight excluding hydrogens is 312 g/mol. The minimum Gasteiger partial charge on any atom is -0.346 e. The van der Waals surface area contributed by atoms with Crippen molar-refractivity contribution < 1.29 is 8.42 Å². The van der Waals surface area contributed by atoms with Gasteiger partial charge in [0.05, 0.1) is 11.4 Å². The van der Waals surface area contributed by atoms with Gasteiger partial charge in [-0.15, -0.1) is 0 Å². The maximum Gasteiger partial charge on any atom is 0.213 e. The van der Waals surface area contributed by atoms with E-state index in [1.54, 1.807) is 17.4 Å². The fourth-order valence-corrected chi connectivity index (χ4v) is 4.54. The van der Waals surface area contributed by atoms with E-state index in [4.69, 9.17) is 4.98 Å². The summed E-state index contributed by atoms with van der Waals surface area (Å²) < 4.78 is 25.8.